The summed E-state index contributed by atoms with van der Waals surface area (Å²) in [6, 6.07) is 7.03. The third-order valence-corrected chi connectivity index (χ3v) is 3.22. The van der Waals surface area contributed by atoms with Gasteiger partial charge in [-0.3, -0.25) is 9.59 Å². The highest BCUT2D eigenvalue weighted by Gasteiger charge is 2.33. The van der Waals surface area contributed by atoms with E-state index < -0.39 is 5.78 Å². The summed E-state index contributed by atoms with van der Waals surface area (Å²) in [5.74, 6) is -0.828. The molecule has 1 aliphatic carbocycles. The SMILES string of the molecule is Nc1ccc(N)c2c1C(=O)c1ccc(O)cc1C2=O. The number of anilines is 2. The quantitative estimate of drug-likeness (QED) is 0.525. The Balaban J connectivity index is 2.39. The van der Waals surface area contributed by atoms with Gasteiger partial charge in [-0.05, 0) is 30.3 Å². The van der Waals surface area contributed by atoms with E-state index in [4.69, 9.17) is 11.5 Å². The topological polar surface area (TPSA) is 106 Å². The standard InChI is InChI=1S/C14H10N2O3/c15-9-3-4-10(16)12-11(9)13(18)7-2-1-6(17)5-8(7)14(12)19/h1-5,17H,15-16H2. The van der Waals surface area contributed by atoms with E-state index >= 15 is 0 Å². The van der Waals surface area contributed by atoms with Crippen molar-refractivity contribution < 1.29 is 14.7 Å². The van der Waals surface area contributed by atoms with Crippen LogP contribution in [0.15, 0.2) is 30.3 Å². The van der Waals surface area contributed by atoms with Gasteiger partial charge in [0.15, 0.2) is 11.6 Å². The fourth-order valence-corrected chi connectivity index (χ4v) is 2.31. The second-order valence-corrected chi connectivity index (χ2v) is 4.38. The predicted octanol–water partition coefficient (Wildman–Crippen LogP) is 1.33. The van der Waals surface area contributed by atoms with E-state index in [1.165, 1.54) is 30.3 Å². The number of nitrogens with two attached hydrogens (primary N) is 2. The van der Waals surface area contributed by atoms with Gasteiger partial charge in [0.2, 0.25) is 0 Å². The molecule has 3 rings (SSSR count). The number of benzene rings is 2. The van der Waals surface area contributed by atoms with Crippen LogP contribution in [0.3, 0.4) is 0 Å². The third-order valence-electron chi connectivity index (χ3n) is 3.22. The average Bonchev–Trinajstić information content (AvgIpc) is 2.38. The number of phenolic OH excluding ortho intramolecular Hbond substituents is 1. The number of ketones is 2. The summed E-state index contributed by atoms with van der Waals surface area (Å²) < 4.78 is 0. The molecule has 0 saturated heterocycles. The number of rotatable bonds is 0. The largest absolute Gasteiger partial charge is 0.508 e. The molecule has 0 spiro atoms. The maximum Gasteiger partial charge on any atom is 0.196 e. The number of carbonyl (C=O) groups excluding carboxylic acids is 2. The summed E-state index contributed by atoms with van der Waals surface area (Å²) in [6.45, 7) is 0. The first-order valence-electron chi connectivity index (χ1n) is 5.61. The van der Waals surface area contributed by atoms with E-state index in [0.29, 0.717) is 0 Å². The molecule has 0 bridgehead atoms. The first-order chi connectivity index (χ1) is 9.00. The first kappa shape index (κ1) is 11.3. The molecule has 5 N–H and O–H groups in total. The molecule has 0 radical (unpaired) electrons. The lowest BCUT2D eigenvalue weighted by Crippen LogP contribution is -2.23. The van der Waals surface area contributed by atoms with Crippen LogP contribution in [0.2, 0.25) is 0 Å². The highest BCUT2D eigenvalue weighted by molar-refractivity contribution is 6.31. The van der Waals surface area contributed by atoms with Gasteiger partial charge in [0.05, 0.1) is 11.1 Å². The number of hydrogen-bond donors (Lipinski definition) is 3. The van der Waals surface area contributed by atoms with E-state index in [0.717, 1.165) is 0 Å². The molecule has 0 fully saturated rings. The minimum Gasteiger partial charge on any atom is -0.508 e. The van der Waals surface area contributed by atoms with Crippen LogP contribution in [0.4, 0.5) is 11.4 Å². The average molecular weight is 254 g/mol. The Hall–Kier alpha value is -2.82. The molecule has 2 aromatic rings. The summed E-state index contributed by atoms with van der Waals surface area (Å²) in [6.07, 6.45) is 0. The summed E-state index contributed by atoms with van der Waals surface area (Å²) in [5, 5.41) is 9.44. The molecule has 0 heterocycles. The molecule has 5 nitrogen and oxygen atoms in total. The fraction of sp³-hybridized carbons (Fsp3) is 0. The van der Waals surface area contributed by atoms with Crippen molar-refractivity contribution >= 4 is 22.9 Å². The van der Waals surface area contributed by atoms with Gasteiger partial charge in [0, 0.05) is 22.5 Å². The smallest absolute Gasteiger partial charge is 0.196 e. The molecule has 0 saturated carbocycles. The van der Waals surface area contributed by atoms with Crippen LogP contribution in [-0.2, 0) is 0 Å². The maximum atomic E-state index is 12.4. The van der Waals surface area contributed by atoms with Crippen LogP contribution in [0, 0.1) is 0 Å². The number of carbonyl (C=O) groups is 2. The molecule has 0 aliphatic heterocycles. The molecule has 2 aromatic carbocycles. The van der Waals surface area contributed by atoms with Crippen molar-refractivity contribution in [2.24, 2.45) is 0 Å². The second-order valence-electron chi connectivity index (χ2n) is 4.38. The Kier molecular flexibility index (Phi) is 2.13. The zero-order valence-electron chi connectivity index (χ0n) is 9.81. The summed E-state index contributed by atoms with van der Waals surface area (Å²) >= 11 is 0. The lowest BCUT2D eigenvalue weighted by Gasteiger charge is -2.20. The molecule has 0 amide bonds. The lowest BCUT2D eigenvalue weighted by atomic mass is 9.82. The van der Waals surface area contributed by atoms with Gasteiger partial charge in [0.1, 0.15) is 5.75 Å². The predicted molar refractivity (Wildman–Crippen MR) is 70.2 cm³/mol. The van der Waals surface area contributed by atoms with Crippen LogP contribution in [0.1, 0.15) is 31.8 Å². The van der Waals surface area contributed by atoms with Crippen molar-refractivity contribution in [1.29, 1.82) is 0 Å². The van der Waals surface area contributed by atoms with Gasteiger partial charge in [-0.15, -0.1) is 0 Å². The monoisotopic (exact) mass is 254 g/mol. The van der Waals surface area contributed by atoms with E-state index in [2.05, 4.69) is 0 Å². The van der Waals surface area contributed by atoms with Crippen LogP contribution < -0.4 is 11.5 Å². The Morgan fingerprint density at radius 2 is 1.32 bits per heavy atom. The van der Waals surface area contributed by atoms with Crippen molar-refractivity contribution in [3.8, 4) is 5.75 Å². The Bertz CT molecular complexity index is 751. The van der Waals surface area contributed by atoms with Crippen LogP contribution in [-0.4, -0.2) is 16.7 Å². The Labute approximate surface area is 108 Å². The zero-order valence-corrected chi connectivity index (χ0v) is 9.81. The highest BCUT2D eigenvalue weighted by Crippen LogP contribution is 2.35. The van der Waals surface area contributed by atoms with Crippen molar-refractivity contribution in [3.63, 3.8) is 0 Å². The zero-order chi connectivity index (χ0) is 13.7. The van der Waals surface area contributed by atoms with Gasteiger partial charge < -0.3 is 16.6 Å². The van der Waals surface area contributed by atoms with E-state index in [1.54, 1.807) is 0 Å². The fourth-order valence-electron chi connectivity index (χ4n) is 2.31. The highest BCUT2D eigenvalue weighted by atomic mass is 16.3. The molecular weight excluding hydrogens is 244 g/mol. The van der Waals surface area contributed by atoms with Crippen molar-refractivity contribution in [2.45, 2.75) is 0 Å². The molecule has 19 heavy (non-hydrogen) atoms. The van der Waals surface area contributed by atoms with E-state index in [1.807, 2.05) is 0 Å². The molecule has 94 valence electrons. The molecule has 0 unspecified atom stereocenters. The minimum absolute atomic E-state index is 0.0779. The normalized spacial score (nSPS) is 13.1. The van der Waals surface area contributed by atoms with Gasteiger partial charge in [-0.2, -0.15) is 0 Å². The number of fused-ring (bicyclic) bond motifs is 2. The molecule has 1 aliphatic rings. The summed E-state index contributed by atoms with van der Waals surface area (Å²) in [5.41, 5.74) is 12.6. The van der Waals surface area contributed by atoms with Gasteiger partial charge in [-0.25, -0.2) is 0 Å². The van der Waals surface area contributed by atoms with Crippen molar-refractivity contribution in [1.82, 2.24) is 0 Å². The number of nitrogen functional groups attached to an aromatic ring is 2. The van der Waals surface area contributed by atoms with Gasteiger partial charge >= 0.3 is 0 Å². The third kappa shape index (κ3) is 1.41. The van der Waals surface area contributed by atoms with Crippen LogP contribution in [0.5, 0.6) is 5.75 Å². The summed E-state index contributed by atoms with van der Waals surface area (Å²) in [7, 11) is 0. The molecular formula is C14H10N2O3. The lowest BCUT2D eigenvalue weighted by molar-refractivity contribution is 0.0980. The van der Waals surface area contributed by atoms with E-state index in [9.17, 15) is 14.7 Å². The van der Waals surface area contributed by atoms with E-state index in [-0.39, 0.29) is 45.2 Å². The Morgan fingerprint density at radius 1 is 0.789 bits per heavy atom. The number of hydrogen-bond acceptors (Lipinski definition) is 5. The molecule has 0 atom stereocenters. The Morgan fingerprint density at radius 3 is 1.89 bits per heavy atom. The molecule has 5 heteroatoms. The second kappa shape index (κ2) is 3.58. The number of phenols is 1. The number of aromatic hydroxyl groups is 1. The van der Waals surface area contributed by atoms with Crippen molar-refractivity contribution in [2.75, 3.05) is 11.5 Å². The molecule has 0 aromatic heterocycles. The minimum atomic E-state index is -0.398. The first-order valence-corrected chi connectivity index (χ1v) is 5.61. The van der Waals surface area contributed by atoms with Crippen LogP contribution >= 0.6 is 0 Å². The van der Waals surface area contributed by atoms with Crippen LogP contribution in [0.25, 0.3) is 0 Å². The van der Waals surface area contributed by atoms with Crippen molar-refractivity contribution in [3.05, 3.63) is 52.6 Å². The maximum absolute atomic E-state index is 12.4. The van der Waals surface area contributed by atoms with Gasteiger partial charge in [0.25, 0.3) is 0 Å². The van der Waals surface area contributed by atoms with Gasteiger partial charge in [-0.1, -0.05) is 0 Å². The summed E-state index contributed by atoms with van der Waals surface area (Å²) in [4.78, 5) is 24.7.